The molecule has 1 aliphatic heterocycles. The molecule has 0 atom stereocenters. The van der Waals surface area contributed by atoms with Crippen molar-refractivity contribution in [3.05, 3.63) is 29.8 Å². The number of hydrogen-bond donors (Lipinski definition) is 0. The minimum atomic E-state index is 0.0243. The standard InChI is InChI=1S/C20H30N2O2/c1-15(2)5-10-19(23)22-13-11-21(12-14-22)18-8-6-17(7-9-18)20(24)16(3)4/h6-9,15-16H,5,10-14H2,1-4H3. The van der Waals surface area contributed by atoms with Crippen LogP contribution >= 0.6 is 0 Å². The average molecular weight is 330 g/mol. The number of ketones is 1. The fourth-order valence-corrected chi connectivity index (χ4v) is 2.95. The minimum absolute atomic E-state index is 0.0243. The summed E-state index contributed by atoms with van der Waals surface area (Å²) >= 11 is 0. The molecule has 1 fully saturated rings. The smallest absolute Gasteiger partial charge is 0.222 e. The van der Waals surface area contributed by atoms with E-state index in [0.29, 0.717) is 12.3 Å². The van der Waals surface area contributed by atoms with E-state index in [1.807, 2.05) is 43.0 Å². The molecule has 0 spiro atoms. The summed E-state index contributed by atoms with van der Waals surface area (Å²) < 4.78 is 0. The highest BCUT2D eigenvalue weighted by molar-refractivity contribution is 5.97. The van der Waals surface area contributed by atoms with Gasteiger partial charge in [0.2, 0.25) is 5.91 Å². The molecule has 0 bridgehead atoms. The van der Waals surface area contributed by atoms with Crippen molar-refractivity contribution < 1.29 is 9.59 Å². The summed E-state index contributed by atoms with van der Waals surface area (Å²) in [6.45, 7) is 11.4. The first-order valence-corrected chi connectivity index (χ1v) is 9.05. The Morgan fingerprint density at radius 3 is 2.04 bits per heavy atom. The third-order valence-corrected chi connectivity index (χ3v) is 4.61. The lowest BCUT2D eigenvalue weighted by atomic mass is 10.0. The maximum Gasteiger partial charge on any atom is 0.222 e. The number of hydrogen-bond acceptors (Lipinski definition) is 3. The fourth-order valence-electron chi connectivity index (χ4n) is 2.95. The molecule has 1 aromatic carbocycles. The Hall–Kier alpha value is -1.84. The second-order valence-corrected chi connectivity index (χ2v) is 7.37. The fraction of sp³-hybridized carbons (Fsp3) is 0.600. The molecule has 0 aliphatic carbocycles. The first-order valence-electron chi connectivity index (χ1n) is 9.05. The van der Waals surface area contributed by atoms with Gasteiger partial charge < -0.3 is 9.80 Å². The molecule has 0 unspecified atom stereocenters. The summed E-state index contributed by atoms with van der Waals surface area (Å²) in [7, 11) is 0. The topological polar surface area (TPSA) is 40.6 Å². The Labute approximate surface area is 145 Å². The molecule has 4 nitrogen and oxygen atoms in total. The Morgan fingerprint density at radius 2 is 1.54 bits per heavy atom. The van der Waals surface area contributed by atoms with Gasteiger partial charge in [0.05, 0.1) is 0 Å². The first-order chi connectivity index (χ1) is 11.4. The molecule has 1 heterocycles. The van der Waals surface area contributed by atoms with Gasteiger partial charge in [0, 0.05) is 49.8 Å². The van der Waals surface area contributed by atoms with Crippen LogP contribution in [0.3, 0.4) is 0 Å². The highest BCUT2D eigenvalue weighted by Crippen LogP contribution is 2.19. The lowest BCUT2D eigenvalue weighted by Gasteiger charge is -2.36. The summed E-state index contributed by atoms with van der Waals surface area (Å²) in [5.41, 5.74) is 1.90. The molecule has 1 aromatic rings. The zero-order valence-corrected chi connectivity index (χ0v) is 15.4. The molecular weight excluding hydrogens is 300 g/mol. The molecule has 132 valence electrons. The quantitative estimate of drug-likeness (QED) is 0.748. The van der Waals surface area contributed by atoms with Crippen LogP contribution in [0.5, 0.6) is 0 Å². The van der Waals surface area contributed by atoms with Crippen LogP contribution in [0.25, 0.3) is 0 Å². The van der Waals surface area contributed by atoms with Crippen molar-refractivity contribution in [1.29, 1.82) is 0 Å². The molecule has 4 heteroatoms. The van der Waals surface area contributed by atoms with Crippen molar-refractivity contribution in [1.82, 2.24) is 4.90 Å². The molecule has 1 saturated heterocycles. The van der Waals surface area contributed by atoms with E-state index in [1.165, 1.54) is 0 Å². The van der Waals surface area contributed by atoms with E-state index in [0.717, 1.165) is 43.9 Å². The van der Waals surface area contributed by atoms with Crippen LogP contribution in [-0.4, -0.2) is 42.8 Å². The van der Waals surface area contributed by atoms with E-state index in [9.17, 15) is 9.59 Å². The third-order valence-electron chi connectivity index (χ3n) is 4.61. The van der Waals surface area contributed by atoms with Crippen molar-refractivity contribution in [2.45, 2.75) is 40.5 Å². The van der Waals surface area contributed by atoms with Gasteiger partial charge in [0.25, 0.3) is 0 Å². The number of nitrogens with zero attached hydrogens (tertiary/aromatic N) is 2. The molecule has 0 radical (unpaired) electrons. The van der Waals surface area contributed by atoms with Crippen LogP contribution in [0.4, 0.5) is 5.69 Å². The largest absolute Gasteiger partial charge is 0.368 e. The summed E-state index contributed by atoms with van der Waals surface area (Å²) in [6.07, 6.45) is 1.62. The van der Waals surface area contributed by atoms with Gasteiger partial charge in [-0.25, -0.2) is 0 Å². The van der Waals surface area contributed by atoms with Gasteiger partial charge in [-0.3, -0.25) is 9.59 Å². The number of anilines is 1. The van der Waals surface area contributed by atoms with E-state index >= 15 is 0 Å². The van der Waals surface area contributed by atoms with Gasteiger partial charge in [0.15, 0.2) is 5.78 Å². The maximum atomic E-state index is 12.2. The van der Waals surface area contributed by atoms with Gasteiger partial charge in [-0.1, -0.05) is 27.7 Å². The van der Waals surface area contributed by atoms with E-state index in [1.54, 1.807) is 0 Å². The highest BCUT2D eigenvalue weighted by atomic mass is 16.2. The normalized spacial score (nSPS) is 15.2. The van der Waals surface area contributed by atoms with Crippen LogP contribution in [0.1, 0.15) is 50.9 Å². The molecule has 0 aromatic heterocycles. The number of benzene rings is 1. The van der Waals surface area contributed by atoms with Gasteiger partial charge in [-0.2, -0.15) is 0 Å². The predicted octanol–water partition coefficient (Wildman–Crippen LogP) is 3.61. The van der Waals surface area contributed by atoms with E-state index in [2.05, 4.69) is 18.7 Å². The lowest BCUT2D eigenvalue weighted by Crippen LogP contribution is -2.48. The van der Waals surface area contributed by atoms with Crippen LogP contribution in [0.15, 0.2) is 24.3 Å². The predicted molar refractivity (Wildman–Crippen MR) is 98.5 cm³/mol. The number of carbonyl (C=O) groups excluding carboxylic acids is 2. The van der Waals surface area contributed by atoms with E-state index in [-0.39, 0.29) is 17.6 Å². The van der Waals surface area contributed by atoms with Gasteiger partial charge in [0.1, 0.15) is 0 Å². The minimum Gasteiger partial charge on any atom is -0.368 e. The van der Waals surface area contributed by atoms with Crippen molar-refractivity contribution in [3.63, 3.8) is 0 Å². The summed E-state index contributed by atoms with van der Waals surface area (Å²) in [4.78, 5) is 28.5. The Morgan fingerprint density at radius 1 is 0.958 bits per heavy atom. The second-order valence-electron chi connectivity index (χ2n) is 7.37. The van der Waals surface area contributed by atoms with Crippen LogP contribution in [0, 0.1) is 11.8 Å². The molecule has 24 heavy (non-hydrogen) atoms. The number of amides is 1. The van der Waals surface area contributed by atoms with Crippen LogP contribution < -0.4 is 4.90 Å². The van der Waals surface area contributed by atoms with Gasteiger partial charge >= 0.3 is 0 Å². The van der Waals surface area contributed by atoms with Crippen LogP contribution in [-0.2, 0) is 4.79 Å². The summed E-state index contributed by atoms with van der Waals surface area (Å²) in [5.74, 6) is 1.06. The molecular formula is C20H30N2O2. The molecule has 0 N–H and O–H groups in total. The van der Waals surface area contributed by atoms with E-state index < -0.39 is 0 Å². The number of rotatable bonds is 6. The SMILES string of the molecule is CC(C)CCC(=O)N1CCN(c2ccc(C(=O)C(C)C)cc2)CC1. The van der Waals surface area contributed by atoms with Crippen LogP contribution in [0.2, 0.25) is 0 Å². The van der Waals surface area contributed by atoms with Gasteiger partial charge in [-0.05, 0) is 36.6 Å². The highest BCUT2D eigenvalue weighted by Gasteiger charge is 2.21. The molecule has 1 amide bonds. The molecule has 2 rings (SSSR count). The van der Waals surface area contributed by atoms with Gasteiger partial charge in [-0.15, -0.1) is 0 Å². The Bertz CT molecular complexity index is 556. The van der Waals surface area contributed by atoms with E-state index in [4.69, 9.17) is 0 Å². The molecule has 1 aliphatic rings. The zero-order chi connectivity index (χ0) is 17.7. The lowest BCUT2D eigenvalue weighted by molar-refractivity contribution is -0.131. The van der Waals surface area contributed by atoms with Crippen molar-refractivity contribution in [2.75, 3.05) is 31.1 Å². The summed E-state index contributed by atoms with van der Waals surface area (Å²) in [6, 6.07) is 7.87. The monoisotopic (exact) mass is 330 g/mol. The van der Waals surface area contributed by atoms with Crippen molar-refractivity contribution in [3.8, 4) is 0 Å². The van der Waals surface area contributed by atoms with Crippen molar-refractivity contribution >= 4 is 17.4 Å². The maximum absolute atomic E-state index is 12.2. The van der Waals surface area contributed by atoms with Crippen molar-refractivity contribution in [2.24, 2.45) is 11.8 Å². The zero-order valence-electron chi connectivity index (χ0n) is 15.4. The third kappa shape index (κ3) is 4.83. The number of carbonyl (C=O) groups is 2. The number of piperazine rings is 1. The number of Topliss-reactive ketones (excluding diaryl/α,β-unsaturated/α-hetero) is 1. The Kier molecular flexibility index (Phi) is 6.41. The Balaban J connectivity index is 1.88. The second kappa shape index (κ2) is 8.32. The first kappa shape index (κ1) is 18.5. The molecule has 0 saturated carbocycles. The summed E-state index contributed by atoms with van der Waals surface area (Å²) in [5, 5.41) is 0. The average Bonchev–Trinajstić information content (AvgIpc) is 2.59.